The summed E-state index contributed by atoms with van der Waals surface area (Å²) in [6.07, 6.45) is -8.11. The molecule has 0 spiro atoms. The summed E-state index contributed by atoms with van der Waals surface area (Å²) >= 11 is 1.12. The molecule has 0 aliphatic heterocycles. The Kier molecular flexibility index (Phi) is 9.32. The van der Waals surface area contributed by atoms with Crippen molar-refractivity contribution < 1.29 is 35.9 Å². The van der Waals surface area contributed by atoms with Gasteiger partial charge >= 0.3 is 12.4 Å². The van der Waals surface area contributed by atoms with Crippen LogP contribution in [0.25, 0.3) is 22.8 Å². The molecule has 15 heteroatoms. The number of urea groups is 1. The Labute approximate surface area is 262 Å². The largest absolute Gasteiger partial charge is 0.573 e. The molecule has 5 aromatic rings. The zero-order valence-electron chi connectivity index (χ0n) is 24.5. The fourth-order valence-corrected chi connectivity index (χ4v) is 5.44. The molecule has 0 aliphatic rings. The molecule has 240 valence electrons. The van der Waals surface area contributed by atoms with Crippen LogP contribution in [0.15, 0.2) is 83.4 Å². The molecule has 5 rings (SSSR count). The van der Waals surface area contributed by atoms with Crippen LogP contribution in [0.5, 0.6) is 5.75 Å². The minimum absolute atomic E-state index is 0.0397. The SMILES string of the molecule is Cc1cs/c(=N\C(=O)NC(F)C(F)c2ccc(-c3ncn(-c4ccc(OC(F)(F)F)cc4)n3)cc2)n1-c1ccc(F)cc1C(C)C. The van der Waals surface area contributed by atoms with Gasteiger partial charge in [-0.15, -0.1) is 29.6 Å². The Morgan fingerprint density at radius 1 is 1.02 bits per heavy atom. The van der Waals surface area contributed by atoms with E-state index in [1.54, 1.807) is 22.9 Å². The van der Waals surface area contributed by atoms with Crippen LogP contribution in [0.2, 0.25) is 0 Å². The third-order valence-electron chi connectivity index (χ3n) is 6.76. The maximum absolute atomic E-state index is 15.1. The first-order valence-electron chi connectivity index (χ1n) is 13.8. The Morgan fingerprint density at radius 2 is 1.72 bits per heavy atom. The first kappa shape index (κ1) is 32.5. The van der Waals surface area contributed by atoms with Crippen molar-refractivity contribution in [3.05, 3.63) is 106 Å². The summed E-state index contributed by atoms with van der Waals surface area (Å²) in [6.45, 7) is 5.59. The van der Waals surface area contributed by atoms with E-state index < -0.39 is 30.7 Å². The maximum Gasteiger partial charge on any atom is 0.573 e. The molecule has 2 atom stereocenters. The van der Waals surface area contributed by atoms with Gasteiger partial charge in [-0.25, -0.2) is 27.6 Å². The number of halogens is 6. The Hall–Kier alpha value is -4.92. The standard InChI is InChI=1S/C31H26F6N6O2S/c1-17(2)24-14-21(32)8-13-25(24)43-18(3)15-46-30(43)40-29(44)39-27(34)26(33)19-4-6-20(7-5-19)28-38-16-42(41-28)22-9-11-23(12-10-22)45-31(35,36)37/h4-17,26-27H,1-3H3,(H,39,44)/b40-30-. The number of nitrogens with zero attached hydrogens (tertiary/aromatic N) is 5. The zero-order valence-corrected chi connectivity index (χ0v) is 25.3. The second-order valence-corrected chi connectivity index (χ2v) is 11.2. The number of carbonyl (C=O) groups excluding carboxylic acids is 1. The van der Waals surface area contributed by atoms with E-state index in [-0.39, 0.29) is 27.9 Å². The van der Waals surface area contributed by atoms with Gasteiger partial charge in [0.2, 0.25) is 6.30 Å². The summed E-state index contributed by atoms with van der Waals surface area (Å²) in [5, 5.41) is 7.95. The van der Waals surface area contributed by atoms with Crippen molar-refractivity contribution in [3.63, 3.8) is 0 Å². The third-order valence-corrected chi connectivity index (χ3v) is 7.70. The topological polar surface area (TPSA) is 86.3 Å². The van der Waals surface area contributed by atoms with Gasteiger partial charge in [0.05, 0.1) is 11.4 Å². The lowest BCUT2D eigenvalue weighted by molar-refractivity contribution is -0.274. The van der Waals surface area contributed by atoms with Crippen LogP contribution >= 0.6 is 11.3 Å². The average Bonchev–Trinajstić information content (AvgIpc) is 3.63. The van der Waals surface area contributed by atoms with E-state index in [0.29, 0.717) is 22.5 Å². The first-order chi connectivity index (χ1) is 21.8. The van der Waals surface area contributed by atoms with Crippen LogP contribution in [0.3, 0.4) is 0 Å². The van der Waals surface area contributed by atoms with Gasteiger partial charge < -0.3 is 10.1 Å². The summed E-state index contributed by atoms with van der Waals surface area (Å²) < 4.78 is 87.9. The number of aromatic nitrogens is 4. The fraction of sp³-hybridized carbons (Fsp3) is 0.226. The van der Waals surface area contributed by atoms with Crippen LogP contribution in [-0.2, 0) is 0 Å². The molecule has 46 heavy (non-hydrogen) atoms. The van der Waals surface area contributed by atoms with Gasteiger partial charge in [-0.05, 0) is 66.4 Å². The number of rotatable bonds is 8. The second kappa shape index (κ2) is 13.2. The Morgan fingerprint density at radius 3 is 2.37 bits per heavy atom. The number of alkyl halides is 5. The van der Waals surface area contributed by atoms with E-state index in [2.05, 4.69) is 19.8 Å². The van der Waals surface area contributed by atoms with E-state index in [0.717, 1.165) is 29.2 Å². The van der Waals surface area contributed by atoms with Crippen LogP contribution < -0.4 is 14.9 Å². The maximum atomic E-state index is 15.1. The number of ether oxygens (including phenoxy) is 1. The summed E-state index contributed by atoms with van der Waals surface area (Å²) in [7, 11) is 0. The van der Waals surface area contributed by atoms with Gasteiger partial charge in [0.15, 0.2) is 16.8 Å². The molecule has 2 unspecified atom stereocenters. The van der Waals surface area contributed by atoms with Gasteiger partial charge in [0.25, 0.3) is 0 Å². The summed E-state index contributed by atoms with van der Waals surface area (Å²) in [5.74, 6) is -0.609. The van der Waals surface area contributed by atoms with Crippen molar-refractivity contribution in [1.82, 2.24) is 24.6 Å². The van der Waals surface area contributed by atoms with Gasteiger partial charge in [-0.1, -0.05) is 38.1 Å². The van der Waals surface area contributed by atoms with E-state index in [1.165, 1.54) is 59.5 Å². The highest BCUT2D eigenvalue weighted by Crippen LogP contribution is 2.27. The molecule has 2 amide bonds. The highest BCUT2D eigenvalue weighted by molar-refractivity contribution is 7.07. The summed E-state index contributed by atoms with van der Waals surface area (Å²) in [6, 6.07) is 13.7. The molecular formula is C31H26F6N6O2S. The number of aryl methyl sites for hydroxylation is 1. The average molecular weight is 661 g/mol. The predicted molar refractivity (Wildman–Crippen MR) is 159 cm³/mol. The Balaban J connectivity index is 1.26. The van der Waals surface area contributed by atoms with Gasteiger partial charge in [0, 0.05) is 16.6 Å². The second-order valence-electron chi connectivity index (χ2n) is 10.4. The number of benzene rings is 3. The van der Waals surface area contributed by atoms with Crippen molar-refractivity contribution in [2.24, 2.45) is 4.99 Å². The predicted octanol–water partition coefficient (Wildman–Crippen LogP) is 7.87. The Bertz CT molecular complexity index is 1900. The minimum atomic E-state index is -4.81. The molecular weight excluding hydrogens is 634 g/mol. The number of carbonyl (C=O) groups is 1. The monoisotopic (exact) mass is 660 g/mol. The number of thiazole rings is 1. The molecule has 1 N–H and O–H groups in total. The zero-order chi connectivity index (χ0) is 33.2. The van der Waals surface area contributed by atoms with Crippen LogP contribution in [0.4, 0.5) is 31.1 Å². The molecule has 2 aromatic heterocycles. The van der Waals surface area contributed by atoms with Crippen molar-refractivity contribution in [2.45, 2.75) is 45.5 Å². The molecule has 0 aliphatic carbocycles. The summed E-state index contributed by atoms with van der Waals surface area (Å²) in [4.78, 5) is 21.0. The van der Waals surface area contributed by atoms with Gasteiger partial charge in [-0.2, -0.15) is 4.99 Å². The fourth-order valence-electron chi connectivity index (χ4n) is 4.57. The quantitative estimate of drug-likeness (QED) is 0.136. The van der Waals surface area contributed by atoms with E-state index in [1.807, 2.05) is 19.2 Å². The lowest BCUT2D eigenvalue weighted by atomic mass is 10.0. The van der Waals surface area contributed by atoms with Crippen molar-refractivity contribution in [2.75, 3.05) is 0 Å². The molecule has 0 saturated carbocycles. The van der Waals surface area contributed by atoms with Crippen LogP contribution in [0, 0.1) is 12.7 Å². The van der Waals surface area contributed by atoms with E-state index in [4.69, 9.17) is 0 Å². The van der Waals surface area contributed by atoms with E-state index in [9.17, 15) is 26.7 Å². The molecule has 3 aromatic carbocycles. The van der Waals surface area contributed by atoms with Gasteiger partial charge in [-0.3, -0.25) is 4.57 Å². The highest BCUT2D eigenvalue weighted by Gasteiger charge is 2.31. The molecule has 0 radical (unpaired) electrons. The first-order valence-corrected chi connectivity index (χ1v) is 14.7. The molecule has 0 fully saturated rings. The molecule has 8 nitrogen and oxygen atoms in total. The summed E-state index contributed by atoms with van der Waals surface area (Å²) in [5.41, 5.74) is 2.84. The highest BCUT2D eigenvalue weighted by atomic mass is 32.1. The van der Waals surface area contributed by atoms with Crippen LogP contribution in [0.1, 0.15) is 42.8 Å². The number of hydrogen-bond acceptors (Lipinski definition) is 5. The number of hydrogen-bond donors (Lipinski definition) is 1. The minimum Gasteiger partial charge on any atom is -0.406 e. The van der Waals surface area contributed by atoms with Crippen LogP contribution in [-0.4, -0.2) is 38.0 Å². The smallest absolute Gasteiger partial charge is 0.406 e. The molecule has 2 heterocycles. The number of amides is 2. The normalized spacial score (nSPS) is 13.6. The van der Waals surface area contributed by atoms with Crippen molar-refractivity contribution in [3.8, 4) is 28.5 Å². The van der Waals surface area contributed by atoms with Crippen molar-refractivity contribution >= 4 is 17.4 Å². The van der Waals surface area contributed by atoms with Crippen molar-refractivity contribution in [1.29, 1.82) is 0 Å². The third kappa shape index (κ3) is 7.47. The van der Waals surface area contributed by atoms with E-state index >= 15 is 4.39 Å². The lowest BCUT2D eigenvalue weighted by Crippen LogP contribution is -2.34. The molecule has 0 saturated heterocycles. The lowest BCUT2D eigenvalue weighted by Gasteiger charge is -2.16. The number of nitrogens with one attached hydrogen (secondary N) is 1. The molecule has 0 bridgehead atoms. The van der Waals surface area contributed by atoms with Gasteiger partial charge in [0.1, 0.15) is 17.9 Å².